The summed E-state index contributed by atoms with van der Waals surface area (Å²) in [6.45, 7) is 0. The van der Waals surface area contributed by atoms with Gasteiger partial charge in [-0.2, -0.15) is 5.26 Å². The van der Waals surface area contributed by atoms with E-state index in [9.17, 15) is 0 Å². The predicted molar refractivity (Wildman–Crippen MR) is 39.1 cm³/mol. The Bertz CT molecular complexity index is 356. The van der Waals surface area contributed by atoms with Crippen LogP contribution in [-0.4, -0.2) is 9.97 Å². The molecule has 1 aromatic rings. The molecular weight excluding hydrogens is 140 g/mol. The summed E-state index contributed by atoms with van der Waals surface area (Å²) >= 11 is 0. The van der Waals surface area contributed by atoms with E-state index in [2.05, 4.69) is 15.9 Å². The maximum atomic E-state index is 8.42. The Kier molecular flexibility index (Phi) is 1.71. The van der Waals surface area contributed by atoms with E-state index in [0.29, 0.717) is 0 Å². The smallest absolute Gasteiger partial charge is 0.206 e. The highest BCUT2D eigenvalue weighted by atomic mass is 14.9. The molecule has 0 aliphatic heterocycles. The maximum absolute atomic E-state index is 8.42. The highest BCUT2D eigenvalue weighted by molar-refractivity contribution is 5.47. The summed E-state index contributed by atoms with van der Waals surface area (Å²) in [4.78, 5) is 7.35. The molecule has 0 amide bonds. The lowest BCUT2D eigenvalue weighted by molar-refractivity contribution is 1.12. The molecule has 4 nitrogen and oxygen atoms in total. The molecule has 4 heteroatoms. The van der Waals surface area contributed by atoms with Crippen LogP contribution in [0.2, 0.25) is 0 Å². The third-order valence-electron chi connectivity index (χ3n) is 1.07. The number of aromatic nitrogens is 2. The Morgan fingerprint density at radius 3 is 2.82 bits per heavy atom. The van der Waals surface area contributed by atoms with Gasteiger partial charge in [-0.1, -0.05) is 0 Å². The molecule has 1 aromatic heterocycles. The average Bonchev–Trinajstić information content (AvgIpc) is 2.04. The number of hydrogen-bond donors (Lipinski definition) is 1. The van der Waals surface area contributed by atoms with Crippen molar-refractivity contribution < 1.29 is 0 Å². The molecule has 0 saturated carbocycles. The molecule has 0 radical (unpaired) electrons. The van der Waals surface area contributed by atoms with E-state index in [0.717, 1.165) is 0 Å². The largest absolute Gasteiger partial charge is 0.382 e. The maximum Gasteiger partial charge on any atom is 0.206 e. The number of hydrogen-bond acceptors (Lipinski definition) is 4. The standard InChI is InChI=1S/C7H4N4/c1-2-6-10-4-5(3-8)7(9)11-6/h1,4H,(H2,9,10,11). The summed E-state index contributed by atoms with van der Waals surface area (Å²) in [5.74, 6) is 2.52. The van der Waals surface area contributed by atoms with Gasteiger partial charge >= 0.3 is 0 Å². The summed E-state index contributed by atoms with van der Waals surface area (Å²) in [7, 11) is 0. The third-order valence-corrected chi connectivity index (χ3v) is 1.07. The van der Waals surface area contributed by atoms with E-state index in [-0.39, 0.29) is 17.2 Å². The van der Waals surface area contributed by atoms with Gasteiger partial charge in [0.25, 0.3) is 0 Å². The third kappa shape index (κ3) is 1.25. The molecule has 1 rings (SSSR count). The first-order chi connectivity index (χ1) is 5.27. The normalized spacial score (nSPS) is 8.18. The molecule has 2 N–H and O–H groups in total. The molecule has 0 aliphatic carbocycles. The van der Waals surface area contributed by atoms with Gasteiger partial charge in [-0.25, -0.2) is 9.97 Å². The van der Waals surface area contributed by atoms with Crippen molar-refractivity contribution in [1.82, 2.24) is 9.97 Å². The number of nitriles is 1. The molecule has 0 saturated heterocycles. The van der Waals surface area contributed by atoms with Crippen LogP contribution in [0.4, 0.5) is 5.82 Å². The Hall–Kier alpha value is -2.07. The monoisotopic (exact) mass is 144 g/mol. The zero-order valence-electron chi connectivity index (χ0n) is 5.57. The summed E-state index contributed by atoms with van der Waals surface area (Å²) < 4.78 is 0. The second kappa shape index (κ2) is 2.68. The fourth-order valence-electron chi connectivity index (χ4n) is 0.551. The molecule has 0 bridgehead atoms. The number of anilines is 1. The fraction of sp³-hybridized carbons (Fsp3) is 0. The van der Waals surface area contributed by atoms with Crippen LogP contribution in [0.15, 0.2) is 6.20 Å². The van der Waals surface area contributed by atoms with Crippen LogP contribution in [-0.2, 0) is 0 Å². The van der Waals surface area contributed by atoms with Crippen molar-refractivity contribution in [3.8, 4) is 18.4 Å². The predicted octanol–water partition coefficient (Wildman–Crippen LogP) is -0.0882. The summed E-state index contributed by atoms with van der Waals surface area (Å²) in [6.07, 6.45) is 6.30. The van der Waals surface area contributed by atoms with Crippen molar-refractivity contribution >= 4 is 5.82 Å². The van der Waals surface area contributed by atoms with E-state index in [1.165, 1.54) is 6.20 Å². The highest BCUT2D eigenvalue weighted by Gasteiger charge is 1.99. The van der Waals surface area contributed by atoms with Crippen LogP contribution in [0.3, 0.4) is 0 Å². The van der Waals surface area contributed by atoms with Crippen LogP contribution >= 0.6 is 0 Å². The first kappa shape index (κ1) is 7.04. The van der Waals surface area contributed by atoms with Gasteiger partial charge in [-0.15, -0.1) is 6.42 Å². The van der Waals surface area contributed by atoms with Crippen molar-refractivity contribution in [3.63, 3.8) is 0 Å². The van der Waals surface area contributed by atoms with Crippen LogP contribution < -0.4 is 5.73 Å². The lowest BCUT2D eigenvalue weighted by Gasteiger charge is -1.93. The van der Waals surface area contributed by atoms with Crippen molar-refractivity contribution in [2.45, 2.75) is 0 Å². The SMILES string of the molecule is C#Cc1ncc(C#N)c(N)n1. The Labute approximate surface area is 63.7 Å². The van der Waals surface area contributed by atoms with E-state index in [1.54, 1.807) is 0 Å². The minimum Gasteiger partial charge on any atom is -0.382 e. The van der Waals surface area contributed by atoms with Gasteiger partial charge in [0.1, 0.15) is 17.5 Å². The number of nitrogen functional groups attached to an aromatic ring is 1. The number of rotatable bonds is 0. The van der Waals surface area contributed by atoms with Crippen LogP contribution in [0.5, 0.6) is 0 Å². The van der Waals surface area contributed by atoms with Gasteiger partial charge in [0.2, 0.25) is 5.82 Å². The second-order valence-electron chi connectivity index (χ2n) is 1.75. The number of terminal acetylenes is 1. The van der Waals surface area contributed by atoms with Gasteiger partial charge in [0, 0.05) is 0 Å². The molecular formula is C7H4N4. The minimum absolute atomic E-state index is 0.121. The fourth-order valence-corrected chi connectivity index (χ4v) is 0.551. The van der Waals surface area contributed by atoms with Crippen molar-refractivity contribution in [3.05, 3.63) is 17.6 Å². The minimum atomic E-state index is 0.121. The topological polar surface area (TPSA) is 75.6 Å². The van der Waals surface area contributed by atoms with Gasteiger partial charge in [-0.05, 0) is 5.92 Å². The Morgan fingerprint density at radius 1 is 1.64 bits per heavy atom. The summed E-state index contributed by atoms with van der Waals surface area (Å²) in [6, 6.07) is 1.83. The van der Waals surface area contributed by atoms with Crippen molar-refractivity contribution in [2.75, 3.05) is 5.73 Å². The molecule has 0 unspecified atom stereocenters. The highest BCUT2D eigenvalue weighted by Crippen LogP contribution is 2.03. The summed E-state index contributed by atoms with van der Waals surface area (Å²) in [5, 5.41) is 8.42. The van der Waals surface area contributed by atoms with Crippen LogP contribution in [0.25, 0.3) is 0 Å². The average molecular weight is 144 g/mol. The van der Waals surface area contributed by atoms with Gasteiger partial charge in [0.05, 0.1) is 6.20 Å². The molecule has 0 atom stereocenters. The molecule has 0 spiro atoms. The molecule has 0 aliphatic rings. The van der Waals surface area contributed by atoms with Crippen LogP contribution in [0, 0.1) is 23.7 Å². The molecule has 0 fully saturated rings. The zero-order valence-corrected chi connectivity index (χ0v) is 5.57. The van der Waals surface area contributed by atoms with Gasteiger partial charge in [0.15, 0.2) is 0 Å². The molecule has 0 aromatic carbocycles. The molecule has 1 heterocycles. The van der Waals surface area contributed by atoms with Crippen molar-refractivity contribution in [1.29, 1.82) is 5.26 Å². The second-order valence-corrected chi connectivity index (χ2v) is 1.75. The van der Waals surface area contributed by atoms with Crippen molar-refractivity contribution in [2.24, 2.45) is 0 Å². The Balaban J connectivity index is 3.25. The van der Waals surface area contributed by atoms with E-state index < -0.39 is 0 Å². The first-order valence-corrected chi connectivity index (χ1v) is 2.77. The lowest BCUT2D eigenvalue weighted by atomic mass is 10.3. The summed E-state index contributed by atoms with van der Waals surface area (Å²) in [5.41, 5.74) is 5.58. The first-order valence-electron chi connectivity index (χ1n) is 2.77. The number of nitrogens with two attached hydrogens (primary N) is 1. The van der Waals surface area contributed by atoms with Gasteiger partial charge in [-0.3, -0.25) is 0 Å². The van der Waals surface area contributed by atoms with E-state index in [4.69, 9.17) is 17.4 Å². The molecule has 11 heavy (non-hydrogen) atoms. The quantitative estimate of drug-likeness (QED) is 0.516. The van der Waals surface area contributed by atoms with Crippen LogP contribution in [0.1, 0.15) is 11.4 Å². The van der Waals surface area contributed by atoms with E-state index in [1.807, 2.05) is 6.07 Å². The zero-order chi connectivity index (χ0) is 8.27. The number of nitrogens with zero attached hydrogens (tertiary/aromatic N) is 3. The lowest BCUT2D eigenvalue weighted by Crippen LogP contribution is -1.98. The molecule has 52 valence electrons. The Morgan fingerprint density at radius 2 is 2.36 bits per heavy atom. The van der Waals surface area contributed by atoms with Gasteiger partial charge < -0.3 is 5.73 Å². The van der Waals surface area contributed by atoms with E-state index >= 15 is 0 Å².